The monoisotopic (exact) mass is 168 g/mol. The highest BCUT2D eigenvalue weighted by Gasteiger charge is 2.14. The molecule has 0 saturated carbocycles. The molecule has 0 fully saturated rings. The van der Waals surface area contributed by atoms with E-state index in [1.807, 2.05) is 24.6 Å². The van der Waals surface area contributed by atoms with Gasteiger partial charge in [-0.05, 0) is 6.92 Å². The number of hydrogen-bond donors (Lipinski definition) is 0. The van der Waals surface area contributed by atoms with Crippen LogP contribution in [-0.4, -0.2) is 15.9 Å². The lowest BCUT2D eigenvalue weighted by molar-refractivity contribution is 0.149. The quantitative estimate of drug-likeness (QED) is 0.593. The van der Waals surface area contributed by atoms with Crippen LogP contribution in [0.4, 0.5) is 0 Å². The van der Waals surface area contributed by atoms with Crippen LogP contribution in [0.5, 0.6) is 5.88 Å². The molecule has 0 spiro atoms. The molecule has 12 heavy (non-hydrogen) atoms. The molecule has 3 nitrogen and oxygen atoms in total. The molecular weight excluding hydrogens is 152 g/mol. The molecule has 0 N–H and O–H groups in total. The van der Waals surface area contributed by atoms with Crippen molar-refractivity contribution < 1.29 is 4.74 Å². The highest BCUT2D eigenvalue weighted by molar-refractivity contribution is 5.09. The third kappa shape index (κ3) is 1.78. The molecule has 2 rings (SSSR count). The lowest BCUT2D eigenvalue weighted by Crippen LogP contribution is -2.22. The first kappa shape index (κ1) is 9.10. The van der Waals surface area contributed by atoms with Gasteiger partial charge in [0.25, 0.3) is 0 Å². The van der Waals surface area contributed by atoms with Crippen molar-refractivity contribution in [3.05, 3.63) is 12.3 Å². The molecule has 0 radical (unpaired) electrons. The van der Waals surface area contributed by atoms with Gasteiger partial charge in [0.2, 0.25) is 5.88 Å². The zero-order valence-corrected chi connectivity index (χ0v) is 7.95. The van der Waals surface area contributed by atoms with Crippen molar-refractivity contribution in [2.45, 2.75) is 39.8 Å². The van der Waals surface area contributed by atoms with Crippen LogP contribution in [0.25, 0.3) is 0 Å². The largest absolute Gasteiger partial charge is 0.475 e. The Morgan fingerprint density at radius 2 is 2.33 bits per heavy atom. The minimum Gasteiger partial charge on any atom is -0.475 e. The van der Waals surface area contributed by atoms with Crippen LogP contribution in [0.1, 0.15) is 27.2 Å². The van der Waals surface area contributed by atoms with Crippen molar-refractivity contribution in [1.29, 1.82) is 0 Å². The van der Waals surface area contributed by atoms with Crippen molar-refractivity contribution in [2.75, 3.05) is 0 Å². The van der Waals surface area contributed by atoms with Gasteiger partial charge in [-0.2, -0.15) is 5.10 Å². The molecule has 1 aromatic heterocycles. The Labute approximate surface area is 73.3 Å². The van der Waals surface area contributed by atoms with Crippen molar-refractivity contribution in [3.63, 3.8) is 0 Å². The molecule has 2 heterocycles. The number of ether oxygens (including phenoxy) is 1. The molecule has 1 atom stereocenters. The minimum absolute atomic E-state index is 0.351. The Hall–Kier alpha value is -0.990. The van der Waals surface area contributed by atoms with Crippen LogP contribution in [0.15, 0.2) is 12.3 Å². The number of nitrogens with zero attached hydrogens (tertiary/aromatic N) is 2. The fourth-order valence-corrected chi connectivity index (χ4v) is 1.16. The Bertz CT molecular complexity index is 232. The SMILES string of the molecule is CC.CC1CCn2nccc2O1. The summed E-state index contributed by atoms with van der Waals surface area (Å²) in [5.41, 5.74) is 0. The fourth-order valence-electron chi connectivity index (χ4n) is 1.16. The van der Waals surface area contributed by atoms with E-state index in [1.54, 1.807) is 6.20 Å². The standard InChI is InChI=1S/C7H10N2O.C2H6/c1-6-3-5-9-7(10-6)2-4-8-9;1-2/h2,4,6H,3,5H2,1H3;1-2H3. The summed E-state index contributed by atoms with van der Waals surface area (Å²) in [6, 6.07) is 1.90. The van der Waals surface area contributed by atoms with Crippen LogP contribution >= 0.6 is 0 Å². The van der Waals surface area contributed by atoms with Gasteiger partial charge in [0, 0.05) is 19.0 Å². The van der Waals surface area contributed by atoms with Gasteiger partial charge in [-0.3, -0.25) is 0 Å². The molecule has 1 aliphatic heterocycles. The van der Waals surface area contributed by atoms with E-state index in [0.717, 1.165) is 18.8 Å². The van der Waals surface area contributed by atoms with E-state index in [-0.39, 0.29) is 0 Å². The molecule has 0 aromatic carbocycles. The Balaban J connectivity index is 0.000000336. The molecule has 0 aliphatic carbocycles. The third-order valence-electron chi connectivity index (χ3n) is 1.75. The minimum atomic E-state index is 0.351. The van der Waals surface area contributed by atoms with Gasteiger partial charge in [-0.1, -0.05) is 13.8 Å². The van der Waals surface area contributed by atoms with Crippen LogP contribution in [0.2, 0.25) is 0 Å². The number of rotatable bonds is 0. The molecule has 1 aromatic rings. The maximum atomic E-state index is 5.47. The smallest absolute Gasteiger partial charge is 0.211 e. The van der Waals surface area contributed by atoms with Crippen molar-refractivity contribution >= 4 is 0 Å². The molecule has 68 valence electrons. The number of hydrogen-bond acceptors (Lipinski definition) is 2. The first-order chi connectivity index (χ1) is 5.86. The third-order valence-corrected chi connectivity index (χ3v) is 1.75. The zero-order valence-electron chi connectivity index (χ0n) is 7.95. The second-order valence-corrected chi connectivity index (χ2v) is 2.61. The van der Waals surface area contributed by atoms with Crippen LogP contribution in [0, 0.1) is 0 Å². The lowest BCUT2D eigenvalue weighted by atomic mass is 10.2. The number of fused-ring (bicyclic) bond motifs is 1. The highest BCUT2D eigenvalue weighted by Crippen LogP contribution is 2.18. The average Bonchev–Trinajstić information content (AvgIpc) is 2.54. The van der Waals surface area contributed by atoms with Crippen LogP contribution in [0.3, 0.4) is 0 Å². The molecule has 3 heteroatoms. The topological polar surface area (TPSA) is 27.1 Å². The second kappa shape index (κ2) is 4.14. The highest BCUT2D eigenvalue weighted by atomic mass is 16.5. The van der Waals surface area contributed by atoms with E-state index in [9.17, 15) is 0 Å². The van der Waals surface area contributed by atoms with Gasteiger partial charge >= 0.3 is 0 Å². The summed E-state index contributed by atoms with van der Waals surface area (Å²) in [5, 5.41) is 4.08. The van der Waals surface area contributed by atoms with Crippen molar-refractivity contribution in [2.24, 2.45) is 0 Å². The van der Waals surface area contributed by atoms with Gasteiger partial charge in [0.1, 0.15) is 0 Å². The summed E-state index contributed by atoms with van der Waals surface area (Å²) in [4.78, 5) is 0. The molecule has 0 bridgehead atoms. The second-order valence-electron chi connectivity index (χ2n) is 2.61. The molecular formula is C9H16N2O. The average molecular weight is 168 g/mol. The predicted octanol–water partition coefficient (Wildman–Crippen LogP) is 2.08. The Morgan fingerprint density at radius 1 is 1.58 bits per heavy atom. The molecule has 0 amide bonds. The van der Waals surface area contributed by atoms with Gasteiger partial charge in [0.05, 0.1) is 12.3 Å². The number of aromatic nitrogens is 2. The van der Waals surface area contributed by atoms with E-state index in [4.69, 9.17) is 4.74 Å². The normalized spacial score (nSPS) is 20.1. The van der Waals surface area contributed by atoms with Gasteiger partial charge in [-0.25, -0.2) is 4.68 Å². The van der Waals surface area contributed by atoms with Crippen LogP contribution < -0.4 is 4.74 Å². The first-order valence-electron chi connectivity index (χ1n) is 4.55. The van der Waals surface area contributed by atoms with E-state index in [1.165, 1.54) is 0 Å². The molecule has 0 saturated heterocycles. The van der Waals surface area contributed by atoms with Gasteiger partial charge < -0.3 is 4.74 Å². The molecule has 1 unspecified atom stereocenters. The maximum Gasteiger partial charge on any atom is 0.211 e. The summed E-state index contributed by atoms with van der Waals surface area (Å²) in [5.74, 6) is 0.902. The van der Waals surface area contributed by atoms with Gasteiger partial charge in [0.15, 0.2) is 0 Å². The predicted molar refractivity (Wildman–Crippen MR) is 48.3 cm³/mol. The summed E-state index contributed by atoms with van der Waals surface area (Å²) < 4.78 is 7.36. The zero-order chi connectivity index (χ0) is 8.97. The summed E-state index contributed by atoms with van der Waals surface area (Å²) in [6.45, 7) is 7.07. The first-order valence-corrected chi connectivity index (χ1v) is 4.55. The lowest BCUT2D eigenvalue weighted by Gasteiger charge is -2.20. The van der Waals surface area contributed by atoms with E-state index in [0.29, 0.717) is 6.10 Å². The van der Waals surface area contributed by atoms with Crippen LogP contribution in [-0.2, 0) is 6.54 Å². The van der Waals surface area contributed by atoms with Crippen molar-refractivity contribution in [3.8, 4) is 5.88 Å². The van der Waals surface area contributed by atoms with E-state index >= 15 is 0 Å². The summed E-state index contributed by atoms with van der Waals surface area (Å²) in [6.07, 6.45) is 3.19. The van der Waals surface area contributed by atoms with E-state index in [2.05, 4.69) is 12.0 Å². The molecule has 1 aliphatic rings. The Morgan fingerprint density at radius 3 is 3.08 bits per heavy atom. The van der Waals surface area contributed by atoms with Crippen molar-refractivity contribution in [1.82, 2.24) is 9.78 Å². The fraction of sp³-hybridized carbons (Fsp3) is 0.667. The van der Waals surface area contributed by atoms with E-state index < -0.39 is 0 Å². The van der Waals surface area contributed by atoms with Gasteiger partial charge in [-0.15, -0.1) is 0 Å². The Kier molecular flexibility index (Phi) is 3.14. The summed E-state index contributed by atoms with van der Waals surface area (Å²) in [7, 11) is 0. The maximum absolute atomic E-state index is 5.47. The number of aryl methyl sites for hydroxylation is 1. The summed E-state index contributed by atoms with van der Waals surface area (Å²) >= 11 is 0.